The molecular weight excluding hydrogens is 495 g/mol. The summed E-state index contributed by atoms with van der Waals surface area (Å²) in [7, 11) is 0. The van der Waals surface area contributed by atoms with E-state index in [1.807, 2.05) is 48.5 Å². The number of aromatic amines is 1. The molecule has 5 aromatic rings. The number of carbonyl (C=O) groups excluding carboxylic acids is 2. The average molecular weight is 517 g/mol. The van der Waals surface area contributed by atoms with Crippen molar-refractivity contribution in [3.8, 4) is 11.4 Å². The maximum Gasteiger partial charge on any atom is 0.271 e. The van der Waals surface area contributed by atoms with Crippen LogP contribution >= 0.6 is 23.2 Å². The fraction of sp³-hybridized carbons (Fsp3) is 0.107. The number of benzene rings is 3. The molecule has 2 aromatic heterocycles. The number of H-pyrrole nitrogens is 1. The average Bonchev–Trinajstić information content (AvgIpc) is 3.25. The van der Waals surface area contributed by atoms with Gasteiger partial charge in [0.05, 0.1) is 27.5 Å². The summed E-state index contributed by atoms with van der Waals surface area (Å²) in [5, 5.41) is 3.02. The van der Waals surface area contributed by atoms with Gasteiger partial charge in [-0.05, 0) is 60.9 Å². The number of rotatable bonds is 6. The van der Waals surface area contributed by atoms with E-state index in [9.17, 15) is 9.59 Å². The predicted molar refractivity (Wildman–Crippen MR) is 144 cm³/mol. The normalized spacial score (nSPS) is 11.1. The van der Waals surface area contributed by atoms with Crippen molar-refractivity contribution in [2.75, 3.05) is 0 Å². The number of para-hydroxylation sites is 1. The number of nitrogens with zero attached hydrogens (tertiary/aromatic N) is 1. The van der Waals surface area contributed by atoms with Crippen molar-refractivity contribution in [1.82, 2.24) is 20.8 Å². The Balaban J connectivity index is 1.31. The van der Waals surface area contributed by atoms with E-state index in [0.717, 1.165) is 38.8 Å². The Morgan fingerprint density at radius 1 is 0.889 bits per heavy atom. The number of aryl methyl sites for hydroxylation is 1. The van der Waals surface area contributed by atoms with E-state index in [-0.39, 0.29) is 12.3 Å². The first-order valence-electron chi connectivity index (χ1n) is 11.5. The molecule has 0 saturated heterocycles. The molecule has 3 N–H and O–H groups in total. The Kier molecular flexibility index (Phi) is 6.89. The van der Waals surface area contributed by atoms with Crippen LogP contribution in [-0.2, 0) is 11.2 Å². The lowest BCUT2D eigenvalue weighted by atomic mass is 10.0. The van der Waals surface area contributed by atoms with Gasteiger partial charge < -0.3 is 4.98 Å². The van der Waals surface area contributed by atoms with Crippen LogP contribution in [0.1, 0.15) is 28.8 Å². The molecule has 0 atom stereocenters. The lowest BCUT2D eigenvalue weighted by Gasteiger charge is -2.09. The monoisotopic (exact) mass is 516 g/mol. The highest BCUT2D eigenvalue weighted by molar-refractivity contribution is 6.33. The summed E-state index contributed by atoms with van der Waals surface area (Å²) in [6.45, 7) is 0. The van der Waals surface area contributed by atoms with E-state index >= 15 is 0 Å². The molecule has 180 valence electrons. The Hall–Kier alpha value is -3.87. The Morgan fingerprint density at radius 2 is 1.69 bits per heavy atom. The number of halogens is 2. The highest BCUT2D eigenvalue weighted by Gasteiger charge is 2.16. The summed E-state index contributed by atoms with van der Waals surface area (Å²) in [5.74, 6) is -0.761. The zero-order valence-electron chi connectivity index (χ0n) is 19.1. The number of carbonyl (C=O) groups is 2. The molecule has 0 radical (unpaired) electrons. The SMILES string of the molecule is O=C(CCCc1c(-c2ccc3ccccc3n2)[nH]c2ccc(Cl)cc12)NNC(=O)c1ccccc1Cl. The van der Waals surface area contributed by atoms with E-state index in [1.165, 1.54) is 0 Å². The maximum absolute atomic E-state index is 12.4. The summed E-state index contributed by atoms with van der Waals surface area (Å²) >= 11 is 12.3. The smallest absolute Gasteiger partial charge is 0.271 e. The predicted octanol–water partition coefficient (Wildman–Crippen LogP) is 6.47. The largest absolute Gasteiger partial charge is 0.353 e. The van der Waals surface area contributed by atoms with Crippen LogP contribution < -0.4 is 10.9 Å². The second kappa shape index (κ2) is 10.4. The van der Waals surface area contributed by atoms with Gasteiger partial charge in [0.15, 0.2) is 0 Å². The zero-order valence-corrected chi connectivity index (χ0v) is 20.7. The van der Waals surface area contributed by atoms with E-state index < -0.39 is 5.91 Å². The van der Waals surface area contributed by atoms with Crippen molar-refractivity contribution in [2.45, 2.75) is 19.3 Å². The second-order valence-corrected chi connectivity index (χ2v) is 9.24. The van der Waals surface area contributed by atoms with Crippen molar-refractivity contribution < 1.29 is 9.59 Å². The number of hydrogen-bond acceptors (Lipinski definition) is 3. The minimum absolute atomic E-state index is 0.223. The molecule has 0 spiro atoms. The minimum atomic E-state index is -0.468. The molecule has 0 aliphatic rings. The second-order valence-electron chi connectivity index (χ2n) is 8.39. The molecule has 6 nitrogen and oxygen atoms in total. The molecule has 0 saturated carbocycles. The standard InChI is InChI=1S/C28H22Cl2N4O2/c29-18-13-15-24-21(16-18)19(27(32-24)25-14-12-17-6-1-4-10-23(17)31-25)8-5-11-26(35)33-34-28(36)20-7-2-3-9-22(20)30/h1-4,6-7,9-10,12-16,32H,5,8,11H2,(H,33,35)(H,34,36). The van der Waals surface area contributed by atoms with Gasteiger partial charge in [0.2, 0.25) is 5.91 Å². The molecule has 0 aliphatic carbocycles. The molecule has 2 heterocycles. The van der Waals surface area contributed by atoms with Crippen LogP contribution in [-0.4, -0.2) is 21.8 Å². The quantitative estimate of drug-likeness (QED) is 0.226. The summed E-state index contributed by atoms with van der Waals surface area (Å²) in [6.07, 6.45) is 1.41. The molecule has 0 bridgehead atoms. The van der Waals surface area contributed by atoms with Gasteiger partial charge in [0, 0.05) is 27.7 Å². The van der Waals surface area contributed by atoms with Crippen molar-refractivity contribution >= 4 is 56.8 Å². The number of hydrogen-bond donors (Lipinski definition) is 3. The van der Waals surface area contributed by atoms with Crippen molar-refractivity contribution in [3.05, 3.63) is 100 Å². The summed E-state index contributed by atoms with van der Waals surface area (Å²) in [5.41, 5.74) is 9.82. The lowest BCUT2D eigenvalue weighted by molar-refractivity contribution is -0.121. The van der Waals surface area contributed by atoms with Crippen LogP contribution in [0.25, 0.3) is 33.2 Å². The number of hydrazine groups is 1. The van der Waals surface area contributed by atoms with Crippen LogP contribution in [0.4, 0.5) is 0 Å². The van der Waals surface area contributed by atoms with Gasteiger partial charge in [0.1, 0.15) is 0 Å². The van der Waals surface area contributed by atoms with E-state index in [2.05, 4.69) is 21.9 Å². The fourth-order valence-corrected chi connectivity index (χ4v) is 4.62. The van der Waals surface area contributed by atoms with E-state index in [1.54, 1.807) is 24.3 Å². The Morgan fingerprint density at radius 3 is 2.56 bits per heavy atom. The molecule has 3 aromatic carbocycles. The highest BCUT2D eigenvalue weighted by Crippen LogP contribution is 2.33. The van der Waals surface area contributed by atoms with E-state index in [0.29, 0.717) is 28.5 Å². The van der Waals surface area contributed by atoms with Crippen LogP contribution in [0.5, 0.6) is 0 Å². The first kappa shape index (κ1) is 23.9. The third-order valence-corrected chi connectivity index (χ3v) is 6.55. The zero-order chi connectivity index (χ0) is 25.1. The van der Waals surface area contributed by atoms with Gasteiger partial charge in [-0.2, -0.15) is 0 Å². The van der Waals surface area contributed by atoms with Crippen LogP contribution in [0.3, 0.4) is 0 Å². The number of aromatic nitrogens is 2. The number of nitrogens with one attached hydrogen (secondary N) is 3. The number of pyridine rings is 1. The van der Waals surface area contributed by atoms with Gasteiger partial charge in [-0.3, -0.25) is 20.4 Å². The topological polar surface area (TPSA) is 86.9 Å². The number of amides is 2. The van der Waals surface area contributed by atoms with Crippen LogP contribution in [0.15, 0.2) is 78.9 Å². The lowest BCUT2D eigenvalue weighted by Crippen LogP contribution is -2.41. The van der Waals surface area contributed by atoms with Gasteiger partial charge >= 0.3 is 0 Å². The van der Waals surface area contributed by atoms with Gasteiger partial charge in [-0.1, -0.05) is 59.6 Å². The molecule has 36 heavy (non-hydrogen) atoms. The van der Waals surface area contributed by atoms with Gasteiger partial charge in [0.25, 0.3) is 5.91 Å². The Labute approximate surface area is 217 Å². The molecular formula is C28H22Cl2N4O2. The molecule has 0 aliphatic heterocycles. The maximum atomic E-state index is 12.4. The highest BCUT2D eigenvalue weighted by atomic mass is 35.5. The molecule has 2 amide bonds. The molecule has 0 unspecified atom stereocenters. The van der Waals surface area contributed by atoms with E-state index in [4.69, 9.17) is 28.2 Å². The first-order chi connectivity index (χ1) is 17.5. The molecule has 8 heteroatoms. The van der Waals surface area contributed by atoms with Crippen LogP contribution in [0, 0.1) is 0 Å². The van der Waals surface area contributed by atoms with Crippen molar-refractivity contribution in [1.29, 1.82) is 0 Å². The number of fused-ring (bicyclic) bond motifs is 2. The van der Waals surface area contributed by atoms with Crippen LogP contribution in [0.2, 0.25) is 10.0 Å². The first-order valence-corrected chi connectivity index (χ1v) is 12.2. The van der Waals surface area contributed by atoms with Crippen molar-refractivity contribution in [3.63, 3.8) is 0 Å². The summed E-state index contributed by atoms with van der Waals surface area (Å²) < 4.78 is 0. The minimum Gasteiger partial charge on any atom is -0.353 e. The Bertz CT molecular complexity index is 1600. The summed E-state index contributed by atoms with van der Waals surface area (Å²) in [4.78, 5) is 33.0. The van der Waals surface area contributed by atoms with Crippen molar-refractivity contribution in [2.24, 2.45) is 0 Å². The molecule has 5 rings (SSSR count). The fourth-order valence-electron chi connectivity index (χ4n) is 4.23. The van der Waals surface area contributed by atoms with Gasteiger partial charge in [-0.15, -0.1) is 0 Å². The van der Waals surface area contributed by atoms with Gasteiger partial charge in [-0.25, -0.2) is 4.98 Å². The third kappa shape index (κ3) is 5.05. The summed E-state index contributed by atoms with van der Waals surface area (Å²) in [6, 6.07) is 24.4. The third-order valence-electron chi connectivity index (χ3n) is 5.99. The molecule has 0 fully saturated rings.